The van der Waals surface area contributed by atoms with Crippen LogP contribution in [0.5, 0.6) is 0 Å². The maximum Gasteiger partial charge on any atom is 0.272 e. The van der Waals surface area contributed by atoms with Crippen LogP contribution in [0.3, 0.4) is 0 Å². The number of aliphatic imine (C=N–C) groups is 1. The van der Waals surface area contributed by atoms with E-state index >= 15 is 0 Å². The van der Waals surface area contributed by atoms with Gasteiger partial charge in [-0.1, -0.05) is 0 Å². The first kappa shape index (κ1) is 19.8. The minimum atomic E-state index is -0.360. The molecule has 2 heterocycles. The first-order valence-electron chi connectivity index (χ1n) is 8.19. The highest BCUT2D eigenvalue weighted by molar-refractivity contribution is 6.05. The van der Waals surface area contributed by atoms with E-state index in [1.165, 1.54) is 0 Å². The van der Waals surface area contributed by atoms with E-state index in [1.54, 1.807) is 54.8 Å². The van der Waals surface area contributed by atoms with Gasteiger partial charge in [0.25, 0.3) is 11.8 Å². The maximum atomic E-state index is 12.4. The number of amidine groups is 1. The quantitative estimate of drug-likeness (QED) is 0.300. The topological polar surface area (TPSA) is 136 Å². The molecular weight excluding hydrogens is 350 g/mol. The van der Waals surface area contributed by atoms with Crippen LogP contribution in [0.2, 0.25) is 0 Å². The largest absolute Gasteiger partial charge is 0.387 e. The molecule has 5 N–H and O–H groups in total. The molecule has 2 rings (SSSR count). The molecule has 0 saturated carbocycles. The minimum Gasteiger partial charge on any atom is -0.387 e. The number of carbonyl (C=O) groups is 3. The van der Waals surface area contributed by atoms with Crippen molar-refractivity contribution in [2.45, 2.75) is 6.42 Å². The second-order valence-corrected chi connectivity index (χ2v) is 5.89. The number of carbonyl (C=O) groups excluding carboxylic acids is 3. The van der Waals surface area contributed by atoms with Crippen molar-refractivity contribution in [1.82, 2.24) is 14.5 Å². The number of nitrogens with two attached hydrogens (primary N) is 1. The predicted molar refractivity (Wildman–Crippen MR) is 103 cm³/mol. The van der Waals surface area contributed by atoms with Crippen molar-refractivity contribution in [3.8, 4) is 0 Å². The predicted octanol–water partition coefficient (Wildman–Crippen LogP) is 0.291. The molecule has 3 amide bonds. The zero-order valence-corrected chi connectivity index (χ0v) is 15.4. The Balaban J connectivity index is 2.04. The van der Waals surface area contributed by atoms with Gasteiger partial charge in [0, 0.05) is 46.5 Å². The smallest absolute Gasteiger partial charge is 0.272 e. The summed E-state index contributed by atoms with van der Waals surface area (Å²) < 4.78 is 3.21. The number of rotatable bonds is 8. The fourth-order valence-corrected chi connectivity index (χ4v) is 2.50. The van der Waals surface area contributed by atoms with E-state index in [0.29, 0.717) is 48.0 Å². The fraction of sp³-hybridized carbons (Fsp3) is 0.294. The number of hydrogen-bond acceptors (Lipinski definition) is 4. The molecule has 10 heteroatoms. The Kier molecular flexibility index (Phi) is 6.36. The number of aromatic nitrogens is 2. The van der Waals surface area contributed by atoms with Crippen molar-refractivity contribution in [1.29, 1.82) is 0 Å². The number of aryl methyl sites for hydroxylation is 2. The van der Waals surface area contributed by atoms with E-state index in [2.05, 4.69) is 20.9 Å². The highest BCUT2D eigenvalue weighted by Gasteiger charge is 2.16. The molecule has 0 spiro atoms. The van der Waals surface area contributed by atoms with Crippen LogP contribution in [0.25, 0.3) is 0 Å². The summed E-state index contributed by atoms with van der Waals surface area (Å²) in [7, 11) is 5.00. The van der Waals surface area contributed by atoms with Gasteiger partial charge in [-0.25, -0.2) is 0 Å². The second kappa shape index (κ2) is 8.70. The average molecular weight is 373 g/mol. The Morgan fingerprint density at radius 1 is 1.11 bits per heavy atom. The van der Waals surface area contributed by atoms with Crippen molar-refractivity contribution >= 4 is 35.4 Å². The molecule has 0 aliphatic heterocycles. The molecule has 0 aliphatic carbocycles. The van der Waals surface area contributed by atoms with Gasteiger partial charge in [-0.05, 0) is 12.1 Å². The summed E-state index contributed by atoms with van der Waals surface area (Å²) in [6.07, 6.45) is 4.26. The molecule has 0 atom stereocenters. The van der Waals surface area contributed by atoms with E-state index in [0.717, 1.165) is 0 Å². The molecule has 0 saturated heterocycles. The number of nitrogens with zero attached hydrogens (tertiary/aromatic N) is 3. The molecule has 0 radical (unpaired) electrons. The Hall–Kier alpha value is -3.56. The number of hydrogen-bond donors (Lipinski definition) is 4. The zero-order chi connectivity index (χ0) is 20.0. The average Bonchev–Trinajstić information content (AvgIpc) is 3.17. The lowest BCUT2D eigenvalue weighted by molar-refractivity contribution is -0.105. The highest BCUT2D eigenvalue weighted by Crippen LogP contribution is 2.17. The van der Waals surface area contributed by atoms with Crippen LogP contribution in [-0.2, 0) is 18.9 Å². The summed E-state index contributed by atoms with van der Waals surface area (Å²) in [5.41, 5.74) is 7.35. The third kappa shape index (κ3) is 4.97. The van der Waals surface area contributed by atoms with Gasteiger partial charge >= 0.3 is 0 Å². The third-order valence-electron chi connectivity index (χ3n) is 3.91. The monoisotopic (exact) mass is 373 g/mol. The highest BCUT2D eigenvalue weighted by atomic mass is 16.2. The molecule has 2 aromatic heterocycles. The van der Waals surface area contributed by atoms with Crippen molar-refractivity contribution in [2.24, 2.45) is 24.8 Å². The minimum absolute atomic E-state index is 0.279. The molecule has 0 aromatic carbocycles. The van der Waals surface area contributed by atoms with Crippen molar-refractivity contribution < 1.29 is 14.4 Å². The van der Waals surface area contributed by atoms with Crippen LogP contribution < -0.4 is 21.7 Å². The first-order valence-corrected chi connectivity index (χ1v) is 8.19. The Morgan fingerprint density at radius 2 is 1.70 bits per heavy atom. The lowest BCUT2D eigenvalue weighted by atomic mass is 10.3. The van der Waals surface area contributed by atoms with Gasteiger partial charge in [0.15, 0.2) is 0 Å². The zero-order valence-electron chi connectivity index (χ0n) is 15.4. The molecule has 0 fully saturated rings. The van der Waals surface area contributed by atoms with Gasteiger partial charge < -0.3 is 30.8 Å². The molecule has 27 heavy (non-hydrogen) atoms. The van der Waals surface area contributed by atoms with Crippen LogP contribution in [0.4, 0.5) is 11.4 Å². The van der Waals surface area contributed by atoms with Gasteiger partial charge in [-0.3, -0.25) is 19.4 Å². The van der Waals surface area contributed by atoms with Crippen LogP contribution in [-0.4, -0.2) is 46.8 Å². The maximum absolute atomic E-state index is 12.4. The SMILES string of the molecule is CN=C(N)CCNC(=O)c1cc(NC(=O)c2cc(NC=O)cn2C)cn1C. The summed E-state index contributed by atoms with van der Waals surface area (Å²) in [5, 5.41) is 7.98. The molecule has 2 aromatic rings. The van der Waals surface area contributed by atoms with Crippen LogP contribution >= 0.6 is 0 Å². The normalized spacial score (nSPS) is 11.1. The molecule has 144 valence electrons. The summed E-state index contributed by atoms with van der Waals surface area (Å²) in [6, 6.07) is 3.14. The second-order valence-electron chi connectivity index (χ2n) is 5.89. The molecule has 0 unspecified atom stereocenters. The Morgan fingerprint density at radius 3 is 2.33 bits per heavy atom. The van der Waals surface area contributed by atoms with Crippen molar-refractivity contribution in [3.05, 3.63) is 35.9 Å². The number of amides is 3. The van der Waals surface area contributed by atoms with Gasteiger partial charge in [-0.2, -0.15) is 0 Å². The summed E-state index contributed by atoms with van der Waals surface area (Å²) in [5.74, 6) is -0.180. The fourth-order valence-electron chi connectivity index (χ4n) is 2.50. The molecule has 0 bridgehead atoms. The summed E-state index contributed by atoms with van der Waals surface area (Å²) in [4.78, 5) is 39.0. The Bertz CT molecular complexity index is 879. The van der Waals surface area contributed by atoms with Crippen LogP contribution in [0, 0.1) is 0 Å². The standard InChI is InChI=1S/C17H23N7O3/c1-19-15(18)4-5-20-16(26)13-7-12(9-24(13)3)22-17(27)14-6-11(21-10-25)8-23(14)2/h6-10H,4-5H2,1-3H3,(H2,18,19)(H,20,26)(H,21,25)(H,22,27). The number of nitrogens with one attached hydrogen (secondary N) is 3. The van der Waals surface area contributed by atoms with Gasteiger partial charge in [0.05, 0.1) is 17.2 Å². The van der Waals surface area contributed by atoms with E-state index in [9.17, 15) is 14.4 Å². The van der Waals surface area contributed by atoms with E-state index < -0.39 is 0 Å². The van der Waals surface area contributed by atoms with Crippen molar-refractivity contribution in [2.75, 3.05) is 24.2 Å². The van der Waals surface area contributed by atoms with E-state index in [1.807, 2.05) is 0 Å². The lowest BCUT2D eigenvalue weighted by Crippen LogP contribution is -2.29. The molecular formula is C17H23N7O3. The summed E-state index contributed by atoms with van der Waals surface area (Å²) in [6.45, 7) is 0.366. The molecule has 0 aliphatic rings. The van der Waals surface area contributed by atoms with Crippen LogP contribution in [0.1, 0.15) is 27.4 Å². The lowest BCUT2D eigenvalue weighted by Gasteiger charge is -2.05. The molecule has 10 nitrogen and oxygen atoms in total. The third-order valence-corrected chi connectivity index (χ3v) is 3.91. The van der Waals surface area contributed by atoms with E-state index in [-0.39, 0.29) is 11.8 Å². The first-order chi connectivity index (χ1) is 12.8. The van der Waals surface area contributed by atoms with Gasteiger partial charge in [-0.15, -0.1) is 0 Å². The van der Waals surface area contributed by atoms with Crippen LogP contribution in [0.15, 0.2) is 29.5 Å². The van der Waals surface area contributed by atoms with Gasteiger partial charge in [0.1, 0.15) is 11.4 Å². The van der Waals surface area contributed by atoms with Gasteiger partial charge in [0.2, 0.25) is 6.41 Å². The Labute approximate surface area is 156 Å². The van der Waals surface area contributed by atoms with Crippen molar-refractivity contribution in [3.63, 3.8) is 0 Å². The summed E-state index contributed by atoms with van der Waals surface area (Å²) >= 11 is 0. The van der Waals surface area contributed by atoms with E-state index in [4.69, 9.17) is 5.73 Å². The number of anilines is 2.